The Balaban J connectivity index is 1.60. The van der Waals surface area contributed by atoms with E-state index in [-0.39, 0.29) is 67.0 Å². The number of rotatable bonds is 3. The van der Waals surface area contributed by atoms with Crippen molar-refractivity contribution in [1.82, 2.24) is 4.90 Å². The van der Waals surface area contributed by atoms with E-state index in [1.807, 2.05) is 45.9 Å². The Kier molecular flexibility index (Phi) is 18.6. The van der Waals surface area contributed by atoms with Crippen molar-refractivity contribution in [2.75, 3.05) is 6.54 Å². The molecule has 11 heteroatoms. The molecule has 326 valence electrons. The van der Waals surface area contributed by atoms with Gasteiger partial charge in [0.15, 0.2) is 5.79 Å². The lowest BCUT2D eigenvalue weighted by molar-refractivity contribution is -0.283. The van der Waals surface area contributed by atoms with Gasteiger partial charge in [-0.25, -0.2) is 4.79 Å². The summed E-state index contributed by atoms with van der Waals surface area (Å²) < 4.78 is 12.5. The largest absolute Gasteiger partial charge is 0.460 e. The Hall–Kier alpha value is -2.96. The van der Waals surface area contributed by atoms with Gasteiger partial charge in [-0.1, -0.05) is 77.2 Å². The van der Waals surface area contributed by atoms with Crippen molar-refractivity contribution >= 4 is 23.4 Å². The number of hydrogen-bond donors (Lipinski definition) is 4. The molecule has 3 fully saturated rings. The molecule has 4 aliphatic rings. The number of cyclic esters (lactones) is 1. The van der Waals surface area contributed by atoms with Crippen LogP contribution in [-0.2, 0) is 28.7 Å². The van der Waals surface area contributed by atoms with Crippen LogP contribution in [0.2, 0.25) is 0 Å². The predicted molar refractivity (Wildman–Crippen MR) is 223 cm³/mol. The summed E-state index contributed by atoms with van der Waals surface area (Å²) >= 11 is 0. The zero-order chi connectivity index (χ0) is 42.6. The summed E-state index contributed by atoms with van der Waals surface area (Å²) in [4.78, 5) is 56.7. The highest BCUT2D eigenvalue weighted by atomic mass is 16.6. The molecule has 1 aliphatic carbocycles. The minimum atomic E-state index is -1.77. The molecule has 2 saturated heterocycles. The molecular weight excluding hydrogens is 739 g/mol. The number of amides is 1. The van der Waals surface area contributed by atoms with Crippen molar-refractivity contribution in [1.29, 1.82) is 0 Å². The average Bonchev–Trinajstić information content (AvgIpc) is 3.17. The second-order valence-corrected chi connectivity index (χ2v) is 18.3. The number of ether oxygens (including phenoxy) is 2. The number of aliphatic hydroxyl groups is 4. The molecule has 58 heavy (non-hydrogen) atoms. The van der Waals surface area contributed by atoms with Gasteiger partial charge >= 0.3 is 5.97 Å². The Labute approximate surface area is 347 Å². The molecule has 0 spiro atoms. The smallest absolute Gasteiger partial charge is 0.329 e. The van der Waals surface area contributed by atoms with E-state index in [2.05, 4.69) is 0 Å². The van der Waals surface area contributed by atoms with Gasteiger partial charge in [-0.15, -0.1) is 0 Å². The van der Waals surface area contributed by atoms with Crippen LogP contribution in [0.4, 0.5) is 0 Å². The predicted octanol–water partition coefficient (Wildman–Crippen LogP) is 6.71. The number of ketones is 2. The number of Topliss-reactive ketones (excluding diaryl/α,β-unsaturated/α-hetero) is 2. The molecule has 11 nitrogen and oxygen atoms in total. The van der Waals surface area contributed by atoms with Crippen LogP contribution >= 0.6 is 0 Å². The number of aliphatic hydroxyl groups excluding tert-OH is 3. The normalized spacial score (nSPS) is 40.7. The number of carbonyl (C=O) groups excluding carboxylic acids is 4. The molecule has 0 aromatic heterocycles. The number of nitrogens with zero attached hydrogens (tertiary/aromatic N) is 1. The molecule has 1 saturated carbocycles. The summed E-state index contributed by atoms with van der Waals surface area (Å²) in [6.07, 6.45) is 16.5. The summed E-state index contributed by atoms with van der Waals surface area (Å²) in [6, 6.07) is -0.877. The van der Waals surface area contributed by atoms with E-state index >= 15 is 0 Å². The van der Waals surface area contributed by atoms with Gasteiger partial charge in [0.25, 0.3) is 0 Å². The quantitative estimate of drug-likeness (QED) is 0.178. The Bertz CT molecular complexity index is 1500. The second kappa shape index (κ2) is 22.6. The lowest BCUT2D eigenvalue weighted by atomic mass is 9.79. The molecule has 1 amide bonds. The minimum Gasteiger partial charge on any atom is -0.460 e. The maximum atomic E-state index is 14.2. The summed E-state index contributed by atoms with van der Waals surface area (Å²) in [5.74, 6) is -3.97. The maximum Gasteiger partial charge on any atom is 0.329 e. The van der Waals surface area contributed by atoms with Gasteiger partial charge in [-0.05, 0) is 101 Å². The topological polar surface area (TPSA) is 171 Å². The van der Waals surface area contributed by atoms with Gasteiger partial charge in [-0.2, -0.15) is 0 Å². The highest BCUT2D eigenvalue weighted by Gasteiger charge is 2.46. The maximum absolute atomic E-state index is 14.2. The average molecular weight is 812 g/mol. The number of piperidine rings is 1. The Morgan fingerprint density at radius 2 is 1.52 bits per heavy atom. The third-order valence-electron chi connectivity index (χ3n) is 13.2. The molecule has 4 N–H and O–H groups in total. The number of esters is 1. The number of carbonyl (C=O) groups is 4. The van der Waals surface area contributed by atoms with Crippen LogP contribution in [0.3, 0.4) is 0 Å². The van der Waals surface area contributed by atoms with E-state index in [0.717, 1.165) is 12.8 Å². The monoisotopic (exact) mass is 812 g/mol. The molecule has 3 aliphatic heterocycles. The lowest BCUT2D eigenvalue weighted by Gasteiger charge is -2.44. The van der Waals surface area contributed by atoms with Gasteiger partial charge in [0.05, 0.1) is 30.8 Å². The fourth-order valence-electron chi connectivity index (χ4n) is 9.17. The van der Waals surface area contributed by atoms with Crippen LogP contribution < -0.4 is 0 Å². The van der Waals surface area contributed by atoms with Crippen LogP contribution in [0.1, 0.15) is 138 Å². The first-order valence-electron chi connectivity index (χ1n) is 22.1. The van der Waals surface area contributed by atoms with Crippen molar-refractivity contribution in [3.8, 4) is 0 Å². The molecule has 0 aromatic carbocycles. The third kappa shape index (κ3) is 14.4. The summed E-state index contributed by atoms with van der Waals surface area (Å²) in [7, 11) is 0. The molecular formula is C47H73NO10. The second-order valence-electron chi connectivity index (χ2n) is 18.3. The summed E-state index contributed by atoms with van der Waals surface area (Å²) in [5, 5.41) is 43.7. The van der Waals surface area contributed by atoms with Crippen LogP contribution in [0.5, 0.6) is 0 Å². The number of fused-ring (bicyclic) bond motifs is 3. The van der Waals surface area contributed by atoms with Crippen molar-refractivity contribution in [3.63, 3.8) is 0 Å². The van der Waals surface area contributed by atoms with Crippen molar-refractivity contribution in [2.45, 2.75) is 180 Å². The molecule has 11 atom stereocenters. The molecule has 2 bridgehead atoms. The number of hydrogen-bond acceptors (Lipinski definition) is 10. The van der Waals surface area contributed by atoms with E-state index in [9.17, 15) is 39.6 Å². The zero-order valence-corrected chi connectivity index (χ0v) is 36.0. The molecule has 0 radical (unpaired) electrons. The fourth-order valence-corrected chi connectivity index (χ4v) is 9.17. The van der Waals surface area contributed by atoms with E-state index in [1.54, 1.807) is 38.2 Å². The van der Waals surface area contributed by atoms with Crippen molar-refractivity contribution in [2.24, 2.45) is 35.5 Å². The SMILES string of the molecule is C/C1=C\[C@@H](C)C(=O)C[C@@H]([C@H](C)C[C@H]2CC[C@H](O)CC2)OC(=O)[C@@H]2CCCCN2C(=O)C[C@]2(O)O[C@@H](CC[C@H]2C)C[C@H](O)/C=C/C=C/C=C/[C@@H](C)C[C@@H](C)C(=O)C[C@@H]1O. The lowest BCUT2D eigenvalue weighted by Crippen LogP contribution is -2.54. The Morgan fingerprint density at radius 3 is 2.22 bits per heavy atom. The third-order valence-corrected chi connectivity index (χ3v) is 13.2. The van der Waals surface area contributed by atoms with Gasteiger partial charge in [0.1, 0.15) is 23.7 Å². The first-order valence-corrected chi connectivity index (χ1v) is 22.1. The summed E-state index contributed by atoms with van der Waals surface area (Å²) in [5.41, 5.74) is 0.532. The van der Waals surface area contributed by atoms with E-state index in [1.165, 1.54) is 4.90 Å². The first kappa shape index (κ1) is 47.7. The highest BCUT2D eigenvalue weighted by molar-refractivity contribution is 5.86. The van der Waals surface area contributed by atoms with Gasteiger partial charge in [0, 0.05) is 43.6 Å². The first-order chi connectivity index (χ1) is 27.4. The van der Waals surface area contributed by atoms with E-state index < -0.39 is 54.0 Å². The molecule has 3 heterocycles. The summed E-state index contributed by atoms with van der Waals surface area (Å²) in [6.45, 7) is 11.5. The van der Waals surface area contributed by atoms with Crippen LogP contribution in [0.15, 0.2) is 48.1 Å². The highest BCUT2D eigenvalue weighted by Crippen LogP contribution is 2.38. The van der Waals surface area contributed by atoms with Crippen LogP contribution in [0, 0.1) is 35.5 Å². The fraction of sp³-hybridized carbons (Fsp3) is 0.745. The Morgan fingerprint density at radius 1 is 0.828 bits per heavy atom. The van der Waals surface area contributed by atoms with Crippen LogP contribution in [0.25, 0.3) is 0 Å². The van der Waals surface area contributed by atoms with Gasteiger partial charge < -0.3 is 34.8 Å². The standard InChI is InChI=1S/C47H73NO10/c1-30-13-9-7-8-10-14-38(50)26-39-21-16-35(6)47(56,58-39)29-45(54)48-22-12-11-15-40(48)46(55)57-44(34(5)25-36-17-19-37(49)20-18-36)28-43(53)33(4)24-32(3)42(52)27-41(51)31(2)23-30/h7-10,13-14,24,30-31,33-40,42,44,49-50,52,56H,11-12,15-23,25-29H2,1-6H3/b8-7+,13-9+,14-10+,32-24+/t30-,31-,33-,34-,35-,36-,37-,38-,39+,40+,42+,44+,47+/m1/s1. The number of allylic oxidation sites excluding steroid dienone is 6. The minimum absolute atomic E-state index is 0.0476. The zero-order valence-electron chi connectivity index (χ0n) is 36.0. The van der Waals surface area contributed by atoms with Crippen molar-refractivity contribution in [3.05, 3.63) is 48.1 Å². The van der Waals surface area contributed by atoms with Gasteiger partial charge in [0.2, 0.25) is 5.91 Å². The molecule has 0 unspecified atom stereocenters. The van der Waals surface area contributed by atoms with Gasteiger partial charge in [-0.3, -0.25) is 14.4 Å². The van der Waals surface area contributed by atoms with Crippen LogP contribution in [-0.4, -0.2) is 97.7 Å². The molecule has 4 rings (SSSR count). The van der Waals surface area contributed by atoms with Crippen molar-refractivity contribution < 1.29 is 49.1 Å². The van der Waals surface area contributed by atoms with E-state index in [0.29, 0.717) is 75.8 Å². The van der Waals surface area contributed by atoms with E-state index in [4.69, 9.17) is 9.47 Å². The molecule has 0 aromatic rings.